The summed E-state index contributed by atoms with van der Waals surface area (Å²) in [5.74, 6) is -2.87. The van der Waals surface area contributed by atoms with Crippen LogP contribution in [0.2, 0.25) is 0 Å². The Morgan fingerprint density at radius 2 is 1.95 bits per heavy atom. The molecule has 2 N–H and O–H groups in total. The minimum atomic E-state index is -4.43. The second kappa shape index (κ2) is 6.87. The number of alkyl halides is 3. The lowest BCUT2D eigenvalue weighted by atomic mass is 10.1. The van der Waals surface area contributed by atoms with Gasteiger partial charge in [-0.15, -0.1) is 0 Å². The lowest BCUT2D eigenvalue weighted by molar-refractivity contribution is -0.142. The molecule has 0 unspecified atom stereocenters. The number of carbonyl (C=O) groups excluding carboxylic acids is 1. The third-order valence-electron chi connectivity index (χ3n) is 2.32. The number of benzene rings is 1. The highest BCUT2D eigenvalue weighted by Crippen LogP contribution is 2.22. The third kappa shape index (κ3) is 6.55. The molecule has 0 radical (unpaired) electrons. The minimum Gasteiger partial charge on any atom is -0.478 e. The van der Waals surface area contributed by atoms with Gasteiger partial charge in [0.2, 0.25) is 5.91 Å². The molecule has 114 valence electrons. The molecule has 1 rings (SSSR count). The van der Waals surface area contributed by atoms with Gasteiger partial charge in [-0.2, -0.15) is 13.2 Å². The quantitative estimate of drug-likeness (QED) is 0.648. The van der Waals surface area contributed by atoms with E-state index in [0.717, 1.165) is 18.2 Å². The number of nitrogens with one attached hydrogen (secondary N) is 1. The average Bonchev–Trinajstić information content (AvgIpc) is 2.36. The number of hydrogen-bond acceptors (Lipinski definition) is 2. The molecule has 0 aliphatic heterocycles. The molecule has 1 amide bonds. The maximum atomic E-state index is 13.4. The topological polar surface area (TPSA) is 66.4 Å². The summed E-state index contributed by atoms with van der Waals surface area (Å²) in [4.78, 5) is 21.6. The van der Waals surface area contributed by atoms with Crippen molar-refractivity contribution in [2.45, 2.75) is 19.0 Å². The van der Waals surface area contributed by atoms with Gasteiger partial charge >= 0.3 is 12.1 Å². The van der Waals surface area contributed by atoms with Crippen molar-refractivity contribution in [1.82, 2.24) is 0 Å². The predicted molar refractivity (Wildman–Crippen MR) is 67.0 cm³/mol. The number of carbonyl (C=O) groups is 2. The van der Waals surface area contributed by atoms with Crippen LogP contribution in [0.15, 0.2) is 24.3 Å². The Morgan fingerprint density at radius 3 is 2.52 bits per heavy atom. The molecule has 0 spiro atoms. The predicted octanol–water partition coefficient (Wildman–Crippen LogP) is 3.20. The van der Waals surface area contributed by atoms with Gasteiger partial charge in [0.1, 0.15) is 5.82 Å². The zero-order chi connectivity index (χ0) is 16.0. The largest absolute Gasteiger partial charge is 0.478 e. The molecule has 0 aromatic heterocycles. The summed E-state index contributed by atoms with van der Waals surface area (Å²) in [7, 11) is 0. The van der Waals surface area contributed by atoms with E-state index in [4.69, 9.17) is 5.11 Å². The number of carboxylic acid groups (broad SMARTS) is 1. The van der Waals surface area contributed by atoms with Crippen LogP contribution < -0.4 is 5.32 Å². The highest BCUT2D eigenvalue weighted by atomic mass is 19.4. The fourth-order valence-corrected chi connectivity index (χ4v) is 1.39. The minimum absolute atomic E-state index is 0.0774. The van der Waals surface area contributed by atoms with Crippen molar-refractivity contribution in [3.8, 4) is 0 Å². The second-order valence-corrected chi connectivity index (χ2v) is 4.07. The van der Waals surface area contributed by atoms with Gasteiger partial charge in [-0.25, -0.2) is 9.18 Å². The molecule has 0 bridgehead atoms. The Morgan fingerprint density at radius 1 is 1.29 bits per heavy atom. The van der Waals surface area contributed by atoms with Crippen molar-refractivity contribution in [1.29, 1.82) is 0 Å². The molecule has 0 saturated heterocycles. The monoisotopic (exact) mass is 305 g/mol. The van der Waals surface area contributed by atoms with E-state index in [2.05, 4.69) is 5.32 Å². The zero-order valence-electron chi connectivity index (χ0n) is 10.6. The van der Waals surface area contributed by atoms with Crippen LogP contribution in [-0.4, -0.2) is 23.2 Å². The Hall–Kier alpha value is -2.38. The maximum absolute atomic E-state index is 13.4. The molecular weight excluding hydrogens is 294 g/mol. The summed E-state index contributed by atoms with van der Waals surface area (Å²) in [5, 5.41) is 10.6. The molecule has 0 aliphatic carbocycles. The molecule has 21 heavy (non-hydrogen) atoms. The Balaban J connectivity index is 2.74. The van der Waals surface area contributed by atoms with Crippen LogP contribution in [0.25, 0.3) is 6.08 Å². The normalized spacial score (nSPS) is 11.6. The van der Waals surface area contributed by atoms with Gasteiger partial charge in [0.25, 0.3) is 0 Å². The van der Waals surface area contributed by atoms with E-state index < -0.39 is 36.7 Å². The van der Waals surface area contributed by atoms with E-state index in [-0.39, 0.29) is 11.3 Å². The van der Waals surface area contributed by atoms with E-state index in [1.54, 1.807) is 0 Å². The van der Waals surface area contributed by atoms with Gasteiger partial charge in [-0.05, 0) is 24.3 Å². The molecule has 8 heteroatoms. The fraction of sp³-hybridized carbons (Fsp3) is 0.231. The molecule has 0 heterocycles. The van der Waals surface area contributed by atoms with Gasteiger partial charge in [0.05, 0.1) is 6.42 Å². The zero-order valence-corrected chi connectivity index (χ0v) is 10.6. The van der Waals surface area contributed by atoms with E-state index in [0.29, 0.717) is 6.08 Å². The fourth-order valence-electron chi connectivity index (χ4n) is 1.39. The lowest BCUT2D eigenvalue weighted by Crippen LogP contribution is -2.16. The summed E-state index contributed by atoms with van der Waals surface area (Å²) in [5.41, 5.74) is -0.0281. The molecule has 1 aromatic rings. The Labute approximate surface area is 117 Å². The number of anilines is 1. The summed E-state index contributed by atoms with van der Waals surface area (Å²) < 4.78 is 49.2. The highest BCUT2D eigenvalue weighted by Gasteiger charge is 2.27. The van der Waals surface area contributed by atoms with Crippen molar-refractivity contribution in [2.24, 2.45) is 0 Å². The molecule has 0 aliphatic rings. The van der Waals surface area contributed by atoms with Crippen LogP contribution >= 0.6 is 0 Å². The number of halogens is 4. The molecule has 0 atom stereocenters. The average molecular weight is 305 g/mol. The standard InChI is InChI=1S/C13H11F4NO3/c14-10-3-2-9(7-8(10)1-4-12(20)21)18-11(19)5-6-13(15,16)17/h1-4,7H,5-6H2,(H,18,19)(H,20,21)/b4-1+. The number of hydrogen-bond donors (Lipinski definition) is 2. The molecule has 0 saturated carbocycles. The van der Waals surface area contributed by atoms with Gasteiger partial charge in [0.15, 0.2) is 0 Å². The van der Waals surface area contributed by atoms with Gasteiger partial charge < -0.3 is 10.4 Å². The van der Waals surface area contributed by atoms with Crippen molar-refractivity contribution in [3.05, 3.63) is 35.7 Å². The Bertz CT molecular complexity index is 567. The van der Waals surface area contributed by atoms with Crippen LogP contribution in [0.5, 0.6) is 0 Å². The number of aliphatic carboxylic acids is 1. The molecule has 0 fully saturated rings. The summed E-state index contributed by atoms with van der Waals surface area (Å²) in [6.45, 7) is 0. The van der Waals surface area contributed by atoms with E-state index in [1.807, 2.05) is 0 Å². The maximum Gasteiger partial charge on any atom is 0.389 e. The number of rotatable bonds is 5. The van der Waals surface area contributed by atoms with Gasteiger partial charge in [-0.1, -0.05) is 0 Å². The smallest absolute Gasteiger partial charge is 0.389 e. The Kier molecular flexibility index (Phi) is 5.45. The molecule has 1 aromatic carbocycles. The lowest BCUT2D eigenvalue weighted by Gasteiger charge is -2.08. The highest BCUT2D eigenvalue weighted by molar-refractivity contribution is 5.91. The van der Waals surface area contributed by atoms with Crippen LogP contribution in [0.1, 0.15) is 18.4 Å². The van der Waals surface area contributed by atoms with Crippen LogP contribution in [0.4, 0.5) is 23.2 Å². The number of amides is 1. The van der Waals surface area contributed by atoms with Crippen molar-refractivity contribution < 1.29 is 32.3 Å². The summed E-state index contributed by atoms with van der Waals surface area (Å²) in [6.07, 6.45) is -4.76. The van der Waals surface area contributed by atoms with E-state index in [1.165, 1.54) is 6.07 Å². The van der Waals surface area contributed by atoms with Gasteiger partial charge in [-0.3, -0.25) is 4.79 Å². The van der Waals surface area contributed by atoms with Crippen molar-refractivity contribution >= 4 is 23.6 Å². The SMILES string of the molecule is O=C(O)/C=C/c1cc(NC(=O)CCC(F)(F)F)ccc1F. The first kappa shape index (κ1) is 16.7. The van der Waals surface area contributed by atoms with Crippen LogP contribution in [0, 0.1) is 5.82 Å². The first-order valence-corrected chi connectivity index (χ1v) is 5.74. The first-order valence-electron chi connectivity index (χ1n) is 5.74. The second-order valence-electron chi connectivity index (χ2n) is 4.07. The van der Waals surface area contributed by atoms with E-state index >= 15 is 0 Å². The molecule has 4 nitrogen and oxygen atoms in total. The van der Waals surface area contributed by atoms with E-state index in [9.17, 15) is 27.2 Å². The van der Waals surface area contributed by atoms with Crippen molar-refractivity contribution in [2.75, 3.05) is 5.32 Å². The van der Waals surface area contributed by atoms with Crippen LogP contribution in [0.3, 0.4) is 0 Å². The first-order chi connectivity index (χ1) is 9.67. The summed E-state index contributed by atoms with van der Waals surface area (Å²) >= 11 is 0. The van der Waals surface area contributed by atoms with Crippen molar-refractivity contribution in [3.63, 3.8) is 0 Å². The van der Waals surface area contributed by atoms with Crippen LogP contribution in [-0.2, 0) is 9.59 Å². The summed E-state index contributed by atoms with van der Waals surface area (Å²) in [6, 6.07) is 3.26. The number of carboxylic acids is 1. The van der Waals surface area contributed by atoms with Gasteiger partial charge in [0, 0.05) is 23.7 Å². The third-order valence-corrected chi connectivity index (χ3v) is 2.32. The molecular formula is C13H11F4NO3.